The minimum Gasteiger partial charge on any atom is -0.478 e. The predicted octanol–water partition coefficient (Wildman–Crippen LogP) is 4.82. The standard InChI is InChI=1S/C14H8Br2ClNO3/c15-10-4-2-8(6-9(10)14(20)21)18-13(19)7-1-3-11(16)12(17)5-7/h1-6H,(H,18,19)(H,20,21). The molecular weight excluding hydrogens is 425 g/mol. The fraction of sp³-hybridized carbons (Fsp3) is 0. The molecule has 2 rings (SSSR count). The lowest BCUT2D eigenvalue weighted by atomic mass is 10.1. The van der Waals surface area contributed by atoms with Crippen molar-refractivity contribution in [1.29, 1.82) is 0 Å². The average Bonchev–Trinajstić information content (AvgIpc) is 2.43. The highest BCUT2D eigenvalue weighted by Crippen LogP contribution is 2.25. The van der Waals surface area contributed by atoms with Gasteiger partial charge in [-0.05, 0) is 68.3 Å². The van der Waals surface area contributed by atoms with Gasteiger partial charge < -0.3 is 10.4 Å². The Labute approximate surface area is 142 Å². The normalized spacial score (nSPS) is 10.2. The number of hydrogen-bond donors (Lipinski definition) is 2. The fourth-order valence-electron chi connectivity index (χ4n) is 1.61. The van der Waals surface area contributed by atoms with Gasteiger partial charge in [0.1, 0.15) is 0 Å². The molecule has 0 aliphatic heterocycles. The summed E-state index contributed by atoms with van der Waals surface area (Å²) in [5.41, 5.74) is 0.837. The van der Waals surface area contributed by atoms with E-state index in [4.69, 9.17) is 16.7 Å². The molecule has 0 aliphatic carbocycles. The van der Waals surface area contributed by atoms with Gasteiger partial charge in [-0.25, -0.2) is 4.79 Å². The molecule has 21 heavy (non-hydrogen) atoms. The number of carboxylic acids is 1. The highest BCUT2D eigenvalue weighted by Gasteiger charge is 2.12. The van der Waals surface area contributed by atoms with Crippen molar-refractivity contribution in [2.24, 2.45) is 0 Å². The fourth-order valence-corrected chi connectivity index (χ4v) is 2.45. The van der Waals surface area contributed by atoms with Gasteiger partial charge in [-0.2, -0.15) is 0 Å². The van der Waals surface area contributed by atoms with E-state index in [1.807, 2.05) is 0 Å². The highest BCUT2D eigenvalue weighted by molar-refractivity contribution is 9.10. The number of rotatable bonds is 3. The molecule has 0 bridgehead atoms. The number of nitrogens with one attached hydrogen (secondary N) is 1. The van der Waals surface area contributed by atoms with Crippen LogP contribution >= 0.6 is 43.5 Å². The summed E-state index contributed by atoms with van der Waals surface area (Å²) < 4.78 is 1.14. The molecule has 0 aromatic heterocycles. The summed E-state index contributed by atoms with van der Waals surface area (Å²) in [6, 6.07) is 9.36. The van der Waals surface area contributed by atoms with E-state index in [1.165, 1.54) is 12.1 Å². The molecule has 108 valence electrons. The van der Waals surface area contributed by atoms with E-state index in [1.54, 1.807) is 24.3 Å². The molecule has 0 saturated heterocycles. The first-order valence-corrected chi connectivity index (χ1v) is 7.64. The lowest BCUT2D eigenvalue weighted by Gasteiger charge is -2.08. The number of benzene rings is 2. The molecule has 0 unspecified atom stereocenters. The Kier molecular flexibility index (Phi) is 5.03. The molecule has 0 atom stereocenters. The average molecular weight is 433 g/mol. The Bertz CT molecular complexity index is 734. The zero-order chi connectivity index (χ0) is 15.6. The Hall–Kier alpha value is -1.37. The van der Waals surface area contributed by atoms with Crippen LogP contribution < -0.4 is 5.32 Å². The van der Waals surface area contributed by atoms with Crippen molar-refractivity contribution in [1.82, 2.24) is 0 Å². The van der Waals surface area contributed by atoms with Crippen LogP contribution in [0.2, 0.25) is 5.02 Å². The third kappa shape index (κ3) is 3.84. The molecule has 2 aromatic rings. The molecule has 0 spiro atoms. The second-order valence-electron chi connectivity index (χ2n) is 4.08. The van der Waals surface area contributed by atoms with Crippen LogP contribution in [0.5, 0.6) is 0 Å². The van der Waals surface area contributed by atoms with Gasteiger partial charge in [0.25, 0.3) is 5.91 Å². The van der Waals surface area contributed by atoms with Crippen LogP contribution in [-0.4, -0.2) is 17.0 Å². The van der Waals surface area contributed by atoms with Crippen LogP contribution in [0.1, 0.15) is 20.7 Å². The Balaban J connectivity index is 2.25. The van der Waals surface area contributed by atoms with Gasteiger partial charge in [-0.1, -0.05) is 11.6 Å². The van der Waals surface area contributed by atoms with E-state index in [2.05, 4.69) is 37.2 Å². The molecule has 0 radical (unpaired) electrons. The first kappa shape index (κ1) is 16.0. The molecular formula is C14H8Br2ClNO3. The zero-order valence-electron chi connectivity index (χ0n) is 10.4. The number of halogens is 3. The minimum atomic E-state index is -1.08. The molecule has 0 heterocycles. The highest BCUT2D eigenvalue weighted by atomic mass is 79.9. The van der Waals surface area contributed by atoms with E-state index in [9.17, 15) is 9.59 Å². The number of hydrogen-bond acceptors (Lipinski definition) is 2. The zero-order valence-corrected chi connectivity index (χ0v) is 14.3. The second-order valence-corrected chi connectivity index (χ2v) is 6.20. The second kappa shape index (κ2) is 6.60. The summed E-state index contributed by atoms with van der Waals surface area (Å²) in [5, 5.41) is 12.1. The SMILES string of the molecule is O=C(Nc1ccc(Br)c(C(=O)O)c1)c1ccc(Br)c(Cl)c1. The third-order valence-corrected chi connectivity index (χ3v) is 4.56. The third-order valence-electron chi connectivity index (χ3n) is 2.64. The summed E-state index contributed by atoms with van der Waals surface area (Å²) in [4.78, 5) is 23.1. The summed E-state index contributed by atoms with van der Waals surface area (Å²) in [5.74, 6) is -1.45. The van der Waals surface area contributed by atoms with Crippen LogP contribution in [0, 0.1) is 0 Å². The smallest absolute Gasteiger partial charge is 0.336 e. The van der Waals surface area contributed by atoms with Crippen molar-refractivity contribution in [2.45, 2.75) is 0 Å². The summed E-state index contributed by atoms with van der Waals surface area (Å²) in [7, 11) is 0. The van der Waals surface area contributed by atoms with Crippen molar-refractivity contribution in [3.8, 4) is 0 Å². The number of carbonyl (C=O) groups excluding carboxylic acids is 1. The Morgan fingerprint density at radius 1 is 1.05 bits per heavy atom. The summed E-state index contributed by atoms with van der Waals surface area (Å²) in [6.45, 7) is 0. The lowest BCUT2D eigenvalue weighted by Crippen LogP contribution is -2.12. The Morgan fingerprint density at radius 3 is 2.33 bits per heavy atom. The van der Waals surface area contributed by atoms with Gasteiger partial charge in [-0.3, -0.25) is 4.79 Å². The quantitative estimate of drug-likeness (QED) is 0.730. The first-order valence-electron chi connectivity index (χ1n) is 5.67. The molecule has 7 heteroatoms. The van der Waals surface area contributed by atoms with Gasteiger partial charge >= 0.3 is 5.97 Å². The maximum absolute atomic E-state index is 12.1. The molecule has 2 aromatic carbocycles. The van der Waals surface area contributed by atoms with Crippen molar-refractivity contribution >= 4 is 61.0 Å². The monoisotopic (exact) mass is 431 g/mol. The maximum Gasteiger partial charge on any atom is 0.336 e. The van der Waals surface area contributed by atoms with E-state index in [0.717, 1.165) is 0 Å². The number of anilines is 1. The number of aromatic carboxylic acids is 1. The van der Waals surface area contributed by atoms with Crippen LogP contribution in [0.15, 0.2) is 45.3 Å². The van der Waals surface area contributed by atoms with Gasteiger partial charge in [0.05, 0.1) is 10.6 Å². The van der Waals surface area contributed by atoms with Crippen molar-refractivity contribution in [3.05, 3.63) is 61.5 Å². The minimum absolute atomic E-state index is 0.0710. The van der Waals surface area contributed by atoms with Crippen molar-refractivity contribution in [2.75, 3.05) is 5.32 Å². The topological polar surface area (TPSA) is 66.4 Å². The Morgan fingerprint density at radius 2 is 1.71 bits per heavy atom. The van der Waals surface area contributed by atoms with Gasteiger partial charge in [0, 0.05) is 20.2 Å². The van der Waals surface area contributed by atoms with Crippen LogP contribution in [-0.2, 0) is 0 Å². The van der Waals surface area contributed by atoms with Crippen molar-refractivity contribution in [3.63, 3.8) is 0 Å². The van der Waals surface area contributed by atoms with Crippen molar-refractivity contribution < 1.29 is 14.7 Å². The molecule has 4 nitrogen and oxygen atoms in total. The van der Waals surface area contributed by atoms with Crippen LogP contribution in [0.3, 0.4) is 0 Å². The summed E-state index contributed by atoms with van der Waals surface area (Å²) >= 11 is 12.3. The van der Waals surface area contributed by atoms with Crippen LogP contribution in [0.4, 0.5) is 5.69 Å². The van der Waals surface area contributed by atoms with Gasteiger partial charge in [0.15, 0.2) is 0 Å². The van der Waals surface area contributed by atoms with E-state index < -0.39 is 5.97 Å². The largest absolute Gasteiger partial charge is 0.478 e. The summed E-state index contributed by atoms with van der Waals surface area (Å²) in [6.07, 6.45) is 0. The molecule has 1 amide bonds. The molecule has 0 saturated carbocycles. The molecule has 2 N–H and O–H groups in total. The number of carbonyl (C=O) groups is 2. The van der Waals surface area contributed by atoms with Gasteiger partial charge in [0.2, 0.25) is 0 Å². The lowest BCUT2D eigenvalue weighted by molar-refractivity contribution is 0.0695. The van der Waals surface area contributed by atoms with E-state index in [0.29, 0.717) is 25.2 Å². The van der Waals surface area contributed by atoms with Crippen LogP contribution in [0.25, 0.3) is 0 Å². The van der Waals surface area contributed by atoms with Gasteiger partial charge in [-0.15, -0.1) is 0 Å². The van der Waals surface area contributed by atoms with E-state index >= 15 is 0 Å². The predicted molar refractivity (Wildman–Crippen MR) is 88.2 cm³/mol. The molecule has 0 aliphatic rings. The molecule has 0 fully saturated rings. The number of carboxylic acid groups (broad SMARTS) is 1. The maximum atomic E-state index is 12.1. The number of amides is 1. The van der Waals surface area contributed by atoms with E-state index in [-0.39, 0.29) is 11.5 Å². The first-order chi connectivity index (χ1) is 9.88.